The molecule has 34 heavy (non-hydrogen) atoms. The van der Waals surface area contributed by atoms with Crippen LogP contribution in [0.25, 0.3) is 0 Å². The molecule has 1 atom stereocenters. The molecule has 0 spiro atoms. The minimum atomic E-state index is -0.753. The average molecular weight is 476 g/mol. The number of amides is 3. The number of carbonyl (C=O) groups is 3. The van der Waals surface area contributed by atoms with Gasteiger partial charge in [-0.3, -0.25) is 9.59 Å². The highest BCUT2D eigenvalue weighted by Crippen LogP contribution is 2.25. The number of aryl methyl sites for hydroxylation is 1. The minimum Gasteiger partial charge on any atom is -0.444 e. The molecule has 0 saturated heterocycles. The Morgan fingerprint density at radius 2 is 1.59 bits per heavy atom. The van der Waals surface area contributed by atoms with Crippen LogP contribution in [0.15, 0.2) is 24.3 Å². The van der Waals surface area contributed by atoms with Crippen LogP contribution < -0.4 is 10.6 Å². The van der Waals surface area contributed by atoms with Crippen LogP contribution >= 0.6 is 0 Å². The summed E-state index contributed by atoms with van der Waals surface area (Å²) in [5, 5.41) is 5.56. The van der Waals surface area contributed by atoms with Gasteiger partial charge in [-0.1, -0.05) is 70.2 Å². The molecule has 1 unspecified atom stereocenters. The summed E-state index contributed by atoms with van der Waals surface area (Å²) in [7, 11) is 0. The summed E-state index contributed by atoms with van der Waals surface area (Å²) < 4.78 is 5.27. The molecule has 0 aromatic heterocycles. The number of hydrogen-bond acceptors (Lipinski definition) is 4. The van der Waals surface area contributed by atoms with Gasteiger partial charge in [0.2, 0.25) is 11.8 Å². The molecular formula is C27H45N3O4. The van der Waals surface area contributed by atoms with Crippen molar-refractivity contribution in [3.63, 3.8) is 0 Å². The van der Waals surface area contributed by atoms with E-state index in [2.05, 4.69) is 24.5 Å². The fourth-order valence-corrected chi connectivity index (χ4v) is 3.68. The highest BCUT2D eigenvalue weighted by molar-refractivity contribution is 5.90. The van der Waals surface area contributed by atoms with Crippen LogP contribution in [0.4, 0.5) is 4.79 Å². The number of nitrogens with one attached hydrogen (secondary N) is 2. The molecule has 0 bridgehead atoms. The smallest absolute Gasteiger partial charge is 0.408 e. The lowest BCUT2D eigenvalue weighted by Crippen LogP contribution is -2.48. The average Bonchev–Trinajstić information content (AvgIpc) is 2.76. The zero-order valence-corrected chi connectivity index (χ0v) is 22.0. The Bertz CT molecular complexity index is 773. The van der Waals surface area contributed by atoms with Crippen molar-refractivity contribution in [1.82, 2.24) is 15.5 Å². The number of alkyl carbamates (subject to hydrolysis) is 1. The van der Waals surface area contributed by atoms with Gasteiger partial charge in [0.15, 0.2) is 0 Å². The minimum absolute atomic E-state index is 0.193. The van der Waals surface area contributed by atoms with Crippen molar-refractivity contribution in [2.75, 3.05) is 19.6 Å². The zero-order valence-electron chi connectivity index (χ0n) is 22.0. The number of benzene rings is 1. The summed E-state index contributed by atoms with van der Waals surface area (Å²) >= 11 is 0. The van der Waals surface area contributed by atoms with Gasteiger partial charge in [0, 0.05) is 13.1 Å². The van der Waals surface area contributed by atoms with Crippen molar-refractivity contribution >= 4 is 17.9 Å². The molecule has 1 aromatic carbocycles. The van der Waals surface area contributed by atoms with Crippen LogP contribution in [0.3, 0.4) is 0 Å². The van der Waals surface area contributed by atoms with Gasteiger partial charge in [0.1, 0.15) is 18.2 Å². The van der Waals surface area contributed by atoms with Crippen LogP contribution in [0.1, 0.15) is 96.7 Å². The molecule has 7 heteroatoms. The SMILES string of the molecule is CCCCCCCN(C(=O)CNC(=O)OC(C)(C)C)C(C(=O)NCCCC)c1ccccc1C. The van der Waals surface area contributed by atoms with Crippen LogP contribution in [0.2, 0.25) is 0 Å². The monoisotopic (exact) mass is 475 g/mol. The van der Waals surface area contributed by atoms with Gasteiger partial charge in [-0.2, -0.15) is 0 Å². The van der Waals surface area contributed by atoms with E-state index in [0.29, 0.717) is 13.1 Å². The standard InChI is InChI=1S/C27H45N3O4/c1-7-9-11-12-15-19-30(23(31)20-29-26(33)34-27(4,5)6)24(25(32)28-18-10-8-2)22-17-14-13-16-21(22)3/h13-14,16-17,24H,7-12,15,18-20H2,1-6H3,(H,28,32)(H,29,33). The van der Waals surface area contributed by atoms with Gasteiger partial charge in [-0.15, -0.1) is 0 Å². The second-order valence-corrected chi connectivity index (χ2v) is 9.76. The van der Waals surface area contributed by atoms with Gasteiger partial charge in [-0.25, -0.2) is 4.79 Å². The number of nitrogens with zero attached hydrogens (tertiary/aromatic N) is 1. The molecule has 0 aliphatic rings. The fraction of sp³-hybridized carbons (Fsp3) is 0.667. The Balaban J connectivity index is 3.14. The molecule has 192 valence electrons. The maximum absolute atomic E-state index is 13.4. The zero-order chi connectivity index (χ0) is 25.6. The highest BCUT2D eigenvalue weighted by atomic mass is 16.6. The van der Waals surface area contributed by atoms with E-state index in [-0.39, 0.29) is 18.4 Å². The molecule has 1 aromatic rings. The van der Waals surface area contributed by atoms with E-state index >= 15 is 0 Å². The molecular weight excluding hydrogens is 430 g/mol. The number of unbranched alkanes of at least 4 members (excludes halogenated alkanes) is 5. The van der Waals surface area contributed by atoms with Crippen molar-refractivity contribution in [3.8, 4) is 0 Å². The first-order valence-corrected chi connectivity index (χ1v) is 12.7. The van der Waals surface area contributed by atoms with E-state index in [1.165, 1.54) is 0 Å². The first-order chi connectivity index (χ1) is 16.1. The first-order valence-electron chi connectivity index (χ1n) is 12.7. The lowest BCUT2D eigenvalue weighted by atomic mass is 9.98. The van der Waals surface area contributed by atoms with Gasteiger partial charge in [0.05, 0.1) is 0 Å². The normalized spacial score (nSPS) is 12.1. The second-order valence-electron chi connectivity index (χ2n) is 9.76. The molecule has 1 rings (SSSR count). The summed E-state index contributed by atoms with van der Waals surface area (Å²) in [4.78, 5) is 40.5. The number of rotatable bonds is 14. The van der Waals surface area contributed by atoms with Gasteiger partial charge < -0.3 is 20.3 Å². The molecule has 3 amide bonds. The van der Waals surface area contributed by atoms with Crippen molar-refractivity contribution in [2.45, 2.75) is 98.1 Å². The third kappa shape index (κ3) is 11.0. The Labute approximate surface area is 206 Å². The van der Waals surface area contributed by atoms with E-state index in [1.54, 1.807) is 25.7 Å². The quantitative estimate of drug-likeness (QED) is 0.359. The van der Waals surface area contributed by atoms with E-state index in [1.807, 2.05) is 31.2 Å². The van der Waals surface area contributed by atoms with Crippen LogP contribution in [-0.4, -0.2) is 48.0 Å². The maximum atomic E-state index is 13.4. The summed E-state index contributed by atoms with van der Waals surface area (Å²) in [6.07, 6.45) is 6.33. The molecule has 7 nitrogen and oxygen atoms in total. The lowest BCUT2D eigenvalue weighted by Gasteiger charge is -2.32. The van der Waals surface area contributed by atoms with E-state index in [4.69, 9.17) is 4.74 Å². The summed E-state index contributed by atoms with van der Waals surface area (Å²) in [6.45, 7) is 12.3. The molecule has 0 aliphatic heterocycles. The topological polar surface area (TPSA) is 87.7 Å². The summed E-state index contributed by atoms with van der Waals surface area (Å²) in [5.41, 5.74) is 1.09. The van der Waals surface area contributed by atoms with Crippen molar-refractivity contribution in [2.24, 2.45) is 0 Å². The van der Waals surface area contributed by atoms with Crippen molar-refractivity contribution < 1.29 is 19.1 Å². The largest absolute Gasteiger partial charge is 0.444 e. The van der Waals surface area contributed by atoms with Crippen LogP contribution in [0.5, 0.6) is 0 Å². The number of carbonyl (C=O) groups excluding carboxylic acids is 3. The van der Waals surface area contributed by atoms with Gasteiger partial charge in [-0.05, 0) is 51.7 Å². The lowest BCUT2D eigenvalue weighted by molar-refractivity contribution is -0.140. The predicted octanol–water partition coefficient (Wildman–Crippen LogP) is 5.28. The highest BCUT2D eigenvalue weighted by Gasteiger charge is 2.32. The predicted molar refractivity (Wildman–Crippen MR) is 137 cm³/mol. The molecule has 2 N–H and O–H groups in total. The summed E-state index contributed by atoms with van der Waals surface area (Å²) in [6, 6.07) is 6.91. The van der Waals surface area contributed by atoms with Crippen LogP contribution in [-0.2, 0) is 14.3 Å². The summed E-state index contributed by atoms with van der Waals surface area (Å²) in [5.74, 6) is -0.498. The Morgan fingerprint density at radius 1 is 0.941 bits per heavy atom. The Kier molecular flexibility index (Phi) is 13.3. The number of hydrogen-bond donors (Lipinski definition) is 2. The maximum Gasteiger partial charge on any atom is 0.408 e. The van der Waals surface area contributed by atoms with E-state index < -0.39 is 17.7 Å². The first kappa shape index (κ1) is 29.5. The number of ether oxygens (including phenoxy) is 1. The molecule has 0 saturated carbocycles. The third-order valence-electron chi connectivity index (χ3n) is 5.48. The fourth-order valence-electron chi connectivity index (χ4n) is 3.68. The van der Waals surface area contributed by atoms with E-state index in [9.17, 15) is 14.4 Å². The molecule has 0 fully saturated rings. The molecule has 0 aliphatic carbocycles. The third-order valence-corrected chi connectivity index (χ3v) is 5.48. The van der Waals surface area contributed by atoms with Gasteiger partial charge in [0.25, 0.3) is 0 Å². The molecule has 0 radical (unpaired) electrons. The second kappa shape index (κ2) is 15.4. The Hall–Kier alpha value is -2.57. The van der Waals surface area contributed by atoms with Crippen molar-refractivity contribution in [3.05, 3.63) is 35.4 Å². The van der Waals surface area contributed by atoms with Crippen LogP contribution in [0, 0.1) is 6.92 Å². The van der Waals surface area contributed by atoms with Gasteiger partial charge >= 0.3 is 6.09 Å². The van der Waals surface area contributed by atoms with Crippen molar-refractivity contribution in [1.29, 1.82) is 0 Å². The molecule has 0 heterocycles. The Morgan fingerprint density at radius 3 is 2.21 bits per heavy atom. The van der Waals surface area contributed by atoms with E-state index in [0.717, 1.165) is 56.1 Å².